The Hall–Kier alpha value is -0.730. The van der Waals surface area contributed by atoms with Crippen LogP contribution in [-0.4, -0.2) is 18.3 Å². The lowest BCUT2D eigenvalue weighted by Crippen LogP contribution is -2.25. The zero-order valence-corrected chi connectivity index (χ0v) is 8.40. The zero-order valence-electron chi connectivity index (χ0n) is 6.89. The Morgan fingerprint density at radius 1 is 1.31 bits per heavy atom. The molecule has 1 aromatic carbocycles. The highest BCUT2D eigenvalue weighted by Crippen LogP contribution is 2.08. The van der Waals surface area contributed by atoms with Gasteiger partial charge in [-0.15, -0.1) is 11.6 Å². The van der Waals surface area contributed by atoms with Crippen LogP contribution >= 0.6 is 23.2 Å². The van der Waals surface area contributed by atoms with Crippen molar-refractivity contribution in [2.24, 2.45) is 0 Å². The average molecular weight is 218 g/mol. The summed E-state index contributed by atoms with van der Waals surface area (Å²) in [4.78, 5) is 11.3. The van der Waals surface area contributed by atoms with Gasteiger partial charge in [-0.1, -0.05) is 11.6 Å². The first kappa shape index (κ1) is 10.4. The summed E-state index contributed by atoms with van der Waals surface area (Å²) in [5, 5.41) is 3.27. The molecule has 2 nitrogen and oxygen atoms in total. The molecular formula is C9H9Cl2NO. The average Bonchev–Trinajstić information content (AvgIpc) is 2.15. The number of alkyl halides is 1. The lowest BCUT2D eigenvalue weighted by atomic mass is 10.2. The van der Waals surface area contributed by atoms with Crippen molar-refractivity contribution in [2.75, 3.05) is 12.4 Å². The van der Waals surface area contributed by atoms with E-state index in [2.05, 4.69) is 5.32 Å². The molecule has 70 valence electrons. The molecule has 0 aliphatic carbocycles. The molecule has 0 fully saturated rings. The minimum absolute atomic E-state index is 0.127. The number of hydrogen-bond acceptors (Lipinski definition) is 1. The molecule has 1 N–H and O–H groups in total. The Labute approximate surface area is 86.8 Å². The van der Waals surface area contributed by atoms with Gasteiger partial charge in [0, 0.05) is 23.0 Å². The molecule has 0 aliphatic heterocycles. The molecule has 4 heteroatoms. The SMILES string of the molecule is O=C(NCCCl)c1ccc(Cl)cc1. The first-order valence-corrected chi connectivity index (χ1v) is 4.75. The second-order valence-corrected chi connectivity index (χ2v) is 3.27. The molecule has 0 spiro atoms. The van der Waals surface area contributed by atoms with Gasteiger partial charge in [-0.3, -0.25) is 4.79 Å². The van der Waals surface area contributed by atoms with E-state index in [1.807, 2.05) is 0 Å². The van der Waals surface area contributed by atoms with Crippen molar-refractivity contribution in [2.45, 2.75) is 0 Å². The van der Waals surface area contributed by atoms with Gasteiger partial charge in [0.15, 0.2) is 0 Å². The second kappa shape index (κ2) is 5.10. The summed E-state index contributed by atoms with van der Waals surface area (Å²) in [6.07, 6.45) is 0. The summed E-state index contributed by atoms with van der Waals surface area (Å²) in [5.41, 5.74) is 0.592. The number of nitrogens with one attached hydrogen (secondary N) is 1. The molecule has 0 saturated carbocycles. The van der Waals surface area contributed by atoms with E-state index in [0.29, 0.717) is 23.0 Å². The Bertz CT molecular complexity index is 284. The normalized spacial score (nSPS) is 9.69. The summed E-state index contributed by atoms with van der Waals surface area (Å²) in [5.74, 6) is 0.289. The van der Waals surface area contributed by atoms with Gasteiger partial charge in [-0.2, -0.15) is 0 Å². The number of hydrogen-bond donors (Lipinski definition) is 1. The summed E-state index contributed by atoms with van der Waals surface area (Å²) < 4.78 is 0. The molecule has 0 bridgehead atoms. The van der Waals surface area contributed by atoms with Crippen molar-refractivity contribution in [3.05, 3.63) is 34.9 Å². The predicted molar refractivity (Wildman–Crippen MR) is 54.5 cm³/mol. The lowest BCUT2D eigenvalue weighted by molar-refractivity contribution is 0.0956. The molecule has 13 heavy (non-hydrogen) atoms. The van der Waals surface area contributed by atoms with Crippen molar-refractivity contribution in [3.63, 3.8) is 0 Å². The largest absolute Gasteiger partial charge is 0.351 e. The molecule has 0 atom stereocenters. The second-order valence-electron chi connectivity index (χ2n) is 2.45. The van der Waals surface area contributed by atoms with Gasteiger partial charge in [-0.05, 0) is 24.3 Å². The third kappa shape index (κ3) is 3.25. The Morgan fingerprint density at radius 3 is 2.46 bits per heavy atom. The summed E-state index contributed by atoms with van der Waals surface area (Å²) in [7, 11) is 0. The van der Waals surface area contributed by atoms with Crippen LogP contribution in [0.15, 0.2) is 24.3 Å². The number of carbonyl (C=O) groups excluding carboxylic acids is 1. The lowest BCUT2D eigenvalue weighted by Gasteiger charge is -2.02. The van der Waals surface area contributed by atoms with Crippen molar-refractivity contribution < 1.29 is 4.79 Å². The zero-order chi connectivity index (χ0) is 9.68. The molecule has 0 saturated heterocycles. The van der Waals surface area contributed by atoms with Gasteiger partial charge < -0.3 is 5.32 Å². The minimum Gasteiger partial charge on any atom is -0.351 e. The first-order valence-electron chi connectivity index (χ1n) is 3.84. The maximum Gasteiger partial charge on any atom is 0.251 e. The Morgan fingerprint density at radius 2 is 1.92 bits per heavy atom. The number of benzene rings is 1. The van der Waals surface area contributed by atoms with Crippen LogP contribution < -0.4 is 5.32 Å². The van der Waals surface area contributed by atoms with Crippen LogP contribution in [0.2, 0.25) is 5.02 Å². The monoisotopic (exact) mass is 217 g/mol. The van der Waals surface area contributed by atoms with Crippen LogP contribution in [0.25, 0.3) is 0 Å². The Kier molecular flexibility index (Phi) is 4.06. The van der Waals surface area contributed by atoms with Gasteiger partial charge in [0.25, 0.3) is 5.91 Å². The van der Waals surface area contributed by atoms with Gasteiger partial charge in [0.05, 0.1) is 0 Å². The maximum atomic E-state index is 11.3. The van der Waals surface area contributed by atoms with E-state index >= 15 is 0 Å². The fourth-order valence-corrected chi connectivity index (χ4v) is 1.08. The van der Waals surface area contributed by atoms with E-state index in [1.54, 1.807) is 24.3 Å². The van der Waals surface area contributed by atoms with Crippen LogP contribution in [0, 0.1) is 0 Å². The Balaban J connectivity index is 2.61. The molecule has 1 rings (SSSR count). The van der Waals surface area contributed by atoms with Crippen molar-refractivity contribution in [1.29, 1.82) is 0 Å². The van der Waals surface area contributed by atoms with Gasteiger partial charge in [0.2, 0.25) is 0 Å². The van der Waals surface area contributed by atoms with E-state index in [-0.39, 0.29) is 5.91 Å². The quantitative estimate of drug-likeness (QED) is 0.775. The minimum atomic E-state index is -0.127. The summed E-state index contributed by atoms with van der Waals surface area (Å²) >= 11 is 11.1. The van der Waals surface area contributed by atoms with Crippen LogP contribution in [-0.2, 0) is 0 Å². The molecule has 0 aliphatic rings. The maximum absolute atomic E-state index is 11.3. The highest BCUT2D eigenvalue weighted by Gasteiger charge is 2.02. The van der Waals surface area contributed by atoms with Crippen LogP contribution in [0.3, 0.4) is 0 Å². The molecule has 0 unspecified atom stereocenters. The van der Waals surface area contributed by atoms with E-state index in [1.165, 1.54) is 0 Å². The molecule has 0 aromatic heterocycles. The van der Waals surface area contributed by atoms with Crippen LogP contribution in [0.5, 0.6) is 0 Å². The van der Waals surface area contributed by atoms with Crippen molar-refractivity contribution in [1.82, 2.24) is 5.32 Å². The highest BCUT2D eigenvalue weighted by molar-refractivity contribution is 6.30. The third-order valence-corrected chi connectivity index (χ3v) is 1.93. The fourth-order valence-electron chi connectivity index (χ4n) is 0.864. The van der Waals surface area contributed by atoms with Crippen molar-refractivity contribution in [3.8, 4) is 0 Å². The summed E-state index contributed by atoms with van der Waals surface area (Å²) in [6.45, 7) is 0.475. The smallest absolute Gasteiger partial charge is 0.251 e. The van der Waals surface area contributed by atoms with Gasteiger partial charge in [0.1, 0.15) is 0 Å². The molecule has 0 radical (unpaired) electrons. The van der Waals surface area contributed by atoms with Crippen LogP contribution in [0.4, 0.5) is 0 Å². The highest BCUT2D eigenvalue weighted by atomic mass is 35.5. The number of halogens is 2. The molecule has 0 heterocycles. The van der Waals surface area contributed by atoms with Gasteiger partial charge >= 0.3 is 0 Å². The van der Waals surface area contributed by atoms with Gasteiger partial charge in [-0.25, -0.2) is 0 Å². The van der Waals surface area contributed by atoms with E-state index in [9.17, 15) is 4.79 Å². The van der Waals surface area contributed by atoms with E-state index in [0.717, 1.165) is 0 Å². The summed E-state index contributed by atoms with van der Waals surface area (Å²) in [6, 6.07) is 6.70. The number of rotatable bonds is 3. The van der Waals surface area contributed by atoms with E-state index < -0.39 is 0 Å². The molecule has 1 amide bonds. The topological polar surface area (TPSA) is 29.1 Å². The predicted octanol–water partition coefficient (Wildman–Crippen LogP) is 2.31. The fraction of sp³-hybridized carbons (Fsp3) is 0.222. The van der Waals surface area contributed by atoms with E-state index in [4.69, 9.17) is 23.2 Å². The standard InChI is InChI=1S/C9H9Cl2NO/c10-5-6-12-9(13)7-1-3-8(11)4-2-7/h1-4H,5-6H2,(H,12,13). The number of carbonyl (C=O) groups is 1. The first-order chi connectivity index (χ1) is 6.24. The van der Waals surface area contributed by atoms with Crippen LogP contribution in [0.1, 0.15) is 10.4 Å². The number of amides is 1. The van der Waals surface area contributed by atoms with Crippen molar-refractivity contribution >= 4 is 29.1 Å². The third-order valence-electron chi connectivity index (χ3n) is 1.49. The molecular weight excluding hydrogens is 209 g/mol. The molecule has 1 aromatic rings.